The maximum absolute atomic E-state index is 12.7. The van der Waals surface area contributed by atoms with Crippen LogP contribution in [0.5, 0.6) is 0 Å². The van der Waals surface area contributed by atoms with Crippen LogP contribution in [0.1, 0.15) is 52.0 Å². The number of hydrogen-bond acceptors (Lipinski definition) is 5. The van der Waals surface area contributed by atoms with Crippen molar-refractivity contribution in [3.63, 3.8) is 0 Å². The van der Waals surface area contributed by atoms with E-state index in [0.29, 0.717) is 11.5 Å². The van der Waals surface area contributed by atoms with Gasteiger partial charge in [0.25, 0.3) is 10.1 Å². The van der Waals surface area contributed by atoms with E-state index in [1.165, 1.54) is 0 Å². The molecule has 1 aromatic carbocycles. The van der Waals surface area contributed by atoms with Gasteiger partial charge in [-0.1, -0.05) is 36.8 Å². The quantitative estimate of drug-likeness (QED) is 0.711. The molecule has 1 aliphatic heterocycles. The van der Waals surface area contributed by atoms with E-state index in [2.05, 4.69) is 0 Å². The first-order chi connectivity index (χ1) is 12.6. The molecule has 0 radical (unpaired) electrons. The molecule has 3 rings (SSSR count). The van der Waals surface area contributed by atoms with Gasteiger partial charge >= 0.3 is 6.09 Å². The van der Waals surface area contributed by atoms with Crippen molar-refractivity contribution in [1.29, 1.82) is 0 Å². The zero-order valence-electron chi connectivity index (χ0n) is 16.3. The van der Waals surface area contributed by atoms with E-state index in [1.807, 2.05) is 26.8 Å². The lowest BCUT2D eigenvalue weighted by atomic mass is 10.0. The van der Waals surface area contributed by atoms with Crippen LogP contribution in [0, 0.1) is 5.92 Å². The van der Waals surface area contributed by atoms with Gasteiger partial charge in [-0.2, -0.15) is 8.42 Å². The predicted octanol–water partition coefficient (Wildman–Crippen LogP) is 3.71. The third kappa shape index (κ3) is 5.23. The number of benzene rings is 1. The molecule has 0 N–H and O–H groups in total. The van der Waals surface area contributed by atoms with Gasteiger partial charge in [-0.3, -0.25) is 9.08 Å². The van der Waals surface area contributed by atoms with E-state index in [-0.39, 0.29) is 30.5 Å². The van der Waals surface area contributed by atoms with Crippen molar-refractivity contribution in [1.82, 2.24) is 4.90 Å². The van der Waals surface area contributed by atoms with E-state index < -0.39 is 15.7 Å². The van der Waals surface area contributed by atoms with E-state index >= 15 is 0 Å². The summed E-state index contributed by atoms with van der Waals surface area (Å²) in [5, 5.41) is 0. The molecule has 1 saturated carbocycles. The van der Waals surface area contributed by atoms with Gasteiger partial charge in [0.1, 0.15) is 11.4 Å². The summed E-state index contributed by atoms with van der Waals surface area (Å²) in [6, 6.07) is 8.82. The molecule has 2 fully saturated rings. The van der Waals surface area contributed by atoms with Gasteiger partial charge in [-0.25, -0.2) is 4.79 Å². The van der Waals surface area contributed by atoms with Gasteiger partial charge in [0.05, 0.1) is 12.6 Å². The maximum atomic E-state index is 12.7. The molecule has 1 saturated heterocycles. The molecule has 0 spiro atoms. The molecule has 6 nitrogen and oxygen atoms in total. The number of hydrogen-bond donors (Lipinski definition) is 0. The highest BCUT2D eigenvalue weighted by atomic mass is 32.2. The van der Waals surface area contributed by atoms with Gasteiger partial charge in [-0.05, 0) is 51.5 Å². The van der Waals surface area contributed by atoms with Gasteiger partial charge in [-0.15, -0.1) is 0 Å². The second-order valence-corrected chi connectivity index (χ2v) is 10.1. The summed E-state index contributed by atoms with van der Waals surface area (Å²) in [5.74, 6) is 0.239. The average molecular weight is 396 g/mol. The van der Waals surface area contributed by atoms with Crippen molar-refractivity contribution in [2.75, 3.05) is 6.61 Å². The first kappa shape index (κ1) is 20.1. The second kappa shape index (κ2) is 7.80. The summed E-state index contributed by atoms with van der Waals surface area (Å²) in [7, 11) is -3.71. The molecule has 0 unspecified atom stereocenters. The van der Waals surface area contributed by atoms with E-state index in [9.17, 15) is 13.2 Å². The fourth-order valence-corrected chi connectivity index (χ4v) is 5.19. The van der Waals surface area contributed by atoms with Crippen LogP contribution in [0.25, 0.3) is 0 Å². The maximum Gasteiger partial charge on any atom is 0.410 e. The van der Waals surface area contributed by atoms with Crippen LogP contribution in [0.15, 0.2) is 30.3 Å². The lowest BCUT2D eigenvalue weighted by Crippen LogP contribution is -2.46. The van der Waals surface area contributed by atoms with E-state index in [1.54, 1.807) is 29.2 Å². The minimum atomic E-state index is -3.71. The Bertz CT molecular complexity index is 756. The summed E-state index contributed by atoms with van der Waals surface area (Å²) in [5.41, 5.74) is 0.100. The molecule has 1 aliphatic carbocycles. The summed E-state index contributed by atoms with van der Waals surface area (Å²) >= 11 is 0. The topological polar surface area (TPSA) is 72.9 Å². The minimum absolute atomic E-state index is 0.0125. The first-order valence-electron chi connectivity index (χ1n) is 9.57. The van der Waals surface area contributed by atoms with Crippen LogP contribution in [-0.4, -0.2) is 43.7 Å². The normalized spacial score (nSPS) is 25.4. The number of fused-ring (bicyclic) bond motifs is 1. The van der Waals surface area contributed by atoms with Crippen molar-refractivity contribution in [3.05, 3.63) is 35.9 Å². The Morgan fingerprint density at radius 1 is 1.19 bits per heavy atom. The molecule has 7 heteroatoms. The van der Waals surface area contributed by atoms with Gasteiger partial charge in [0.2, 0.25) is 0 Å². The zero-order chi connectivity index (χ0) is 19.7. The first-order valence-corrected chi connectivity index (χ1v) is 11.1. The number of carbonyl (C=O) groups excluding carboxylic acids is 1. The Hall–Kier alpha value is -1.60. The highest BCUT2D eigenvalue weighted by Gasteiger charge is 2.47. The van der Waals surface area contributed by atoms with Crippen molar-refractivity contribution in [3.8, 4) is 0 Å². The molecule has 0 aromatic heterocycles. The Labute approximate surface area is 162 Å². The Balaban J connectivity index is 1.66. The molecular weight excluding hydrogens is 366 g/mol. The second-order valence-electron chi connectivity index (χ2n) is 8.51. The highest BCUT2D eigenvalue weighted by molar-refractivity contribution is 7.85. The van der Waals surface area contributed by atoms with Crippen LogP contribution in [0.4, 0.5) is 4.79 Å². The number of likely N-dealkylation sites (tertiary alicyclic amines) is 1. The van der Waals surface area contributed by atoms with Crippen LogP contribution >= 0.6 is 0 Å². The highest BCUT2D eigenvalue weighted by Crippen LogP contribution is 2.42. The summed E-state index contributed by atoms with van der Waals surface area (Å²) in [4.78, 5) is 14.5. The molecule has 1 heterocycles. The number of nitrogens with zero attached hydrogens (tertiary/aromatic N) is 1. The van der Waals surface area contributed by atoms with Crippen molar-refractivity contribution in [2.24, 2.45) is 5.92 Å². The fraction of sp³-hybridized carbons (Fsp3) is 0.650. The SMILES string of the molecule is CC(C)(C)OC(=O)N1[C@H](COS(=O)(=O)Cc2ccccc2)C[C@@H]2CCC[C@@H]21. The standard InChI is InChI=1S/C20H29NO5S/c1-20(2,3)26-19(22)21-17(12-16-10-7-11-18(16)21)13-25-27(23,24)14-15-8-5-4-6-9-15/h4-6,8-9,16-18H,7,10-14H2,1-3H3/t16-,17-,18-/m0/s1. The van der Waals surface area contributed by atoms with Crippen molar-refractivity contribution in [2.45, 2.75) is 69.9 Å². The molecule has 27 heavy (non-hydrogen) atoms. The molecule has 1 aromatic rings. The summed E-state index contributed by atoms with van der Waals surface area (Å²) in [6.45, 7) is 5.50. The predicted molar refractivity (Wildman–Crippen MR) is 103 cm³/mol. The van der Waals surface area contributed by atoms with Crippen LogP contribution in [-0.2, 0) is 24.8 Å². The molecule has 150 valence electrons. The van der Waals surface area contributed by atoms with E-state index in [0.717, 1.165) is 25.7 Å². The monoisotopic (exact) mass is 395 g/mol. The lowest BCUT2D eigenvalue weighted by Gasteiger charge is -2.32. The lowest BCUT2D eigenvalue weighted by molar-refractivity contribution is 0.00978. The van der Waals surface area contributed by atoms with Gasteiger partial charge in [0, 0.05) is 6.04 Å². The number of amides is 1. The Morgan fingerprint density at radius 3 is 2.56 bits per heavy atom. The molecule has 2 aliphatic rings. The largest absolute Gasteiger partial charge is 0.444 e. The van der Waals surface area contributed by atoms with Crippen molar-refractivity contribution < 1.29 is 22.1 Å². The van der Waals surface area contributed by atoms with E-state index in [4.69, 9.17) is 8.92 Å². The Morgan fingerprint density at radius 2 is 1.89 bits per heavy atom. The Kier molecular flexibility index (Phi) is 5.82. The number of rotatable bonds is 5. The molecule has 1 amide bonds. The van der Waals surface area contributed by atoms with Crippen LogP contribution < -0.4 is 0 Å². The fourth-order valence-electron chi connectivity index (χ4n) is 4.14. The molecular formula is C20H29NO5S. The number of ether oxygens (including phenoxy) is 1. The third-order valence-corrected chi connectivity index (χ3v) is 6.36. The minimum Gasteiger partial charge on any atom is -0.444 e. The molecule has 3 atom stereocenters. The molecule has 0 bridgehead atoms. The smallest absolute Gasteiger partial charge is 0.410 e. The van der Waals surface area contributed by atoms with Gasteiger partial charge in [0.15, 0.2) is 0 Å². The number of carbonyl (C=O) groups is 1. The average Bonchev–Trinajstić information content (AvgIpc) is 3.12. The van der Waals surface area contributed by atoms with Crippen LogP contribution in [0.3, 0.4) is 0 Å². The summed E-state index contributed by atoms with van der Waals surface area (Å²) in [6.07, 6.45) is 3.50. The third-order valence-electron chi connectivity index (χ3n) is 5.18. The summed E-state index contributed by atoms with van der Waals surface area (Å²) < 4.78 is 35.6. The zero-order valence-corrected chi connectivity index (χ0v) is 17.1. The van der Waals surface area contributed by atoms with Crippen LogP contribution in [0.2, 0.25) is 0 Å². The van der Waals surface area contributed by atoms with Crippen molar-refractivity contribution >= 4 is 16.2 Å². The van der Waals surface area contributed by atoms with Gasteiger partial charge < -0.3 is 4.74 Å².